The Morgan fingerprint density at radius 3 is 0.854 bits per heavy atom. The van der Waals surface area contributed by atoms with Gasteiger partial charge in [0.05, 0.1) is 0 Å². The number of rotatable bonds is 33. The summed E-state index contributed by atoms with van der Waals surface area (Å²) in [5, 5.41) is 0. The highest BCUT2D eigenvalue weighted by Crippen LogP contribution is 2.24. The van der Waals surface area contributed by atoms with Gasteiger partial charge in [0.2, 0.25) is 0 Å². The quantitative estimate of drug-likeness (QED) is 0.0719. The van der Waals surface area contributed by atoms with Gasteiger partial charge in [0.1, 0.15) is 6.17 Å². The Morgan fingerprint density at radius 1 is 0.317 bits per heavy atom. The van der Waals surface area contributed by atoms with Crippen LogP contribution in [0.5, 0.6) is 0 Å². The first-order valence-corrected chi connectivity index (χ1v) is 19.5. The Morgan fingerprint density at radius 2 is 0.561 bits per heavy atom. The highest BCUT2D eigenvalue weighted by Gasteiger charge is 2.24. The van der Waals surface area contributed by atoms with E-state index in [4.69, 9.17) is 0 Å². The van der Waals surface area contributed by atoms with Gasteiger partial charge in [0.25, 0.3) is 0 Å². The highest BCUT2D eigenvalue weighted by atomic mass is 15.4. The Kier molecular flexibility index (Phi) is 28.8. The summed E-state index contributed by atoms with van der Waals surface area (Å²) < 4.78 is 0. The van der Waals surface area contributed by atoms with Crippen LogP contribution in [0.2, 0.25) is 0 Å². The normalized spacial score (nSPS) is 15.0. The van der Waals surface area contributed by atoms with Crippen LogP contribution in [0.15, 0.2) is 12.4 Å². The lowest BCUT2D eigenvalue weighted by molar-refractivity contribution is 0.135. The number of nitrogens with zero attached hydrogens (tertiary/aromatic N) is 2. The maximum atomic E-state index is 2.71. The molecule has 0 aliphatic carbocycles. The van der Waals surface area contributed by atoms with E-state index in [1.807, 2.05) is 0 Å². The van der Waals surface area contributed by atoms with Crippen LogP contribution in [-0.4, -0.2) is 29.1 Å². The second kappa shape index (κ2) is 30.8. The Hall–Kier alpha value is -0.660. The summed E-state index contributed by atoms with van der Waals surface area (Å²) in [7, 11) is 0. The summed E-state index contributed by atoms with van der Waals surface area (Å²) in [4.78, 5) is 5.42. The van der Waals surface area contributed by atoms with E-state index < -0.39 is 0 Å². The third-order valence-corrected chi connectivity index (χ3v) is 9.57. The third kappa shape index (κ3) is 23.5. The molecular formula is C39H78N2. The van der Waals surface area contributed by atoms with Gasteiger partial charge in [-0.3, -0.25) is 0 Å². The average molecular weight is 575 g/mol. The number of unbranched alkanes of at least 4 members (excludes halogenated alkanes) is 27. The molecule has 1 unspecified atom stereocenters. The van der Waals surface area contributed by atoms with Crippen LogP contribution in [0, 0.1) is 0 Å². The zero-order chi connectivity index (χ0) is 29.5. The summed E-state index contributed by atoms with van der Waals surface area (Å²) >= 11 is 0. The van der Waals surface area contributed by atoms with Crippen molar-refractivity contribution in [2.45, 2.75) is 226 Å². The summed E-state index contributed by atoms with van der Waals surface area (Å²) in [6.45, 7) is 9.48. The molecule has 0 amide bonds. The van der Waals surface area contributed by atoms with E-state index in [0.29, 0.717) is 6.17 Å². The van der Waals surface area contributed by atoms with E-state index in [9.17, 15) is 0 Å². The van der Waals surface area contributed by atoms with E-state index >= 15 is 0 Å². The Labute approximate surface area is 260 Å². The molecule has 2 heteroatoms. The van der Waals surface area contributed by atoms with Gasteiger partial charge in [0, 0.05) is 25.5 Å². The van der Waals surface area contributed by atoms with Crippen LogP contribution in [0.3, 0.4) is 0 Å². The Bertz CT molecular complexity index is 530. The van der Waals surface area contributed by atoms with Gasteiger partial charge in [-0.2, -0.15) is 0 Å². The summed E-state index contributed by atoms with van der Waals surface area (Å²) in [5.74, 6) is 0. The lowest BCUT2D eigenvalue weighted by atomic mass is 10.0. The van der Waals surface area contributed by atoms with Gasteiger partial charge in [-0.1, -0.05) is 194 Å². The van der Waals surface area contributed by atoms with Gasteiger partial charge in [0.15, 0.2) is 0 Å². The van der Waals surface area contributed by atoms with E-state index in [1.54, 1.807) is 0 Å². The van der Waals surface area contributed by atoms with Crippen LogP contribution in [0.25, 0.3) is 0 Å². The first kappa shape index (κ1) is 38.4. The van der Waals surface area contributed by atoms with Crippen molar-refractivity contribution in [3.05, 3.63) is 12.4 Å². The molecule has 244 valence electrons. The molecule has 41 heavy (non-hydrogen) atoms. The van der Waals surface area contributed by atoms with Crippen molar-refractivity contribution < 1.29 is 0 Å². The van der Waals surface area contributed by atoms with E-state index in [-0.39, 0.29) is 0 Å². The smallest absolute Gasteiger partial charge is 0.101 e. The lowest BCUT2D eigenvalue weighted by Gasteiger charge is -2.33. The van der Waals surface area contributed by atoms with Crippen molar-refractivity contribution >= 4 is 0 Å². The molecule has 0 aromatic rings. The summed E-state index contributed by atoms with van der Waals surface area (Å²) in [6, 6.07) is 0. The molecule has 1 aliphatic rings. The molecule has 0 saturated carbocycles. The van der Waals surface area contributed by atoms with Gasteiger partial charge < -0.3 is 9.80 Å². The average Bonchev–Trinajstić information content (AvgIpc) is 3.37. The van der Waals surface area contributed by atoms with E-state index in [0.717, 1.165) is 0 Å². The largest absolute Gasteiger partial charge is 0.356 e. The maximum Gasteiger partial charge on any atom is 0.101 e. The summed E-state index contributed by atoms with van der Waals surface area (Å²) in [5.41, 5.74) is 0. The molecule has 0 bridgehead atoms. The zero-order valence-electron chi connectivity index (χ0n) is 29.0. The van der Waals surface area contributed by atoms with Gasteiger partial charge in [-0.15, -0.1) is 0 Å². The second-order valence-electron chi connectivity index (χ2n) is 13.6. The first-order chi connectivity index (χ1) is 20.3. The minimum Gasteiger partial charge on any atom is -0.356 e. The van der Waals surface area contributed by atoms with Crippen molar-refractivity contribution in [2.24, 2.45) is 0 Å². The van der Waals surface area contributed by atoms with Crippen molar-refractivity contribution in [2.75, 3.05) is 13.1 Å². The molecule has 0 radical (unpaired) electrons. The molecular weight excluding hydrogens is 496 g/mol. The minimum absolute atomic E-state index is 0.640. The molecule has 0 spiro atoms. The molecule has 0 saturated heterocycles. The molecule has 1 atom stereocenters. The molecule has 1 heterocycles. The van der Waals surface area contributed by atoms with E-state index in [1.165, 1.54) is 212 Å². The zero-order valence-corrected chi connectivity index (χ0v) is 29.0. The van der Waals surface area contributed by atoms with Crippen LogP contribution < -0.4 is 0 Å². The van der Waals surface area contributed by atoms with Crippen LogP contribution in [0.1, 0.15) is 220 Å². The fourth-order valence-corrected chi connectivity index (χ4v) is 6.72. The standard InChI is InChI=1S/C39H78N2/c1-4-7-10-13-16-18-20-21-22-23-25-27-30-33-36-41-38-37-40(39(41)34-31-28-15-12-9-6-3)35-32-29-26-24-19-17-14-11-8-5-2/h37-39H,4-36H2,1-3H3. The van der Waals surface area contributed by atoms with Crippen molar-refractivity contribution in [3.63, 3.8) is 0 Å². The molecule has 0 fully saturated rings. The number of hydrogen-bond acceptors (Lipinski definition) is 2. The molecule has 0 aromatic carbocycles. The van der Waals surface area contributed by atoms with Gasteiger partial charge >= 0.3 is 0 Å². The van der Waals surface area contributed by atoms with E-state index in [2.05, 4.69) is 43.0 Å². The van der Waals surface area contributed by atoms with Crippen molar-refractivity contribution in [1.29, 1.82) is 0 Å². The monoisotopic (exact) mass is 575 g/mol. The highest BCUT2D eigenvalue weighted by molar-refractivity contribution is 4.97. The van der Waals surface area contributed by atoms with Crippen LogP contribution >= 0.6 is 0 Å². The molecule has 0 N–H and O–H groups in total. The SMILES string of the molecule is CCCCCCCCCCCCCCCCN1C=CN(CCCCCCCCCCCC)C1CCCCCCCC. The molecule has 0 aromatic heterocycles. The topological polar surface area (TPSA) is 6.48 Å². The molecule has 1 aliphatic heterocycles. The Balaban J connectivity index is 2.16. The molecule has 1 rings (SSSR count). The minimum atomic E-state index is 0.640. The third-order valence-electron chi connectivity index (χ3n) is 9.57. The van der Waals surface area contributed by atoms with Crippen molar-refractivity contribution in [1.82, 2.24) is 9.80 Å². The van der Waals surface area contributed by atoms with Crippen LogP contribution in [0.4, 0.5) is 0 Å². The summed E-state index contributed by atoms with van der Waals surface area (Å²) in [6.07, 6.45) is 49.9. The predicted molar refractivity (Wildman–Crippen MR) is 186 cm³/mol. The fraction of sp³-hybridized carbons (Fsp3) is 0.949. The molecule has 2 nitrogen and oxygen atoms in total. The lowest BCUT2D eigenvalue weighted by Crippen LogP contribution is -2.39. The van der Waals surface area contributed by atoms with Crippen LogP contribution in [-0.2, 0) is 0 Å². The predicted octanol–water partition coefficient (Wildman–Crippen LogP) is 13.6. The first-order valence-electron chi connectivity index (χ1n) is 19.5. The number of hydrogen-bond donors (Lipinski definition) is 0. The van der Waals surface area contributed by atoms with Gasteiger partial charge in [-0.05, 0) is 25.7 Å². The fourth-order valence-electron chi connectivity index (χ4n) is 6.72. The maximum absolute atomic E-state index is 2.71. The van der Waals surface area contributed by atoms with Gasteiger partial charge in [-0.25, -0.2) is 0 Å². The van der Waals surface area contributed by atoms with Crippen molar-refractivity contribution in [3.8, 4) is 0 Å². The second-order valence-corrected chi connectivity index (χ2v) is 13.6.